The number of nitrogens with one attached hydrogen (secondary N) is 1. The van der Waals surface area contributed by atoms with Crippen molar-refractivity contribution in [2.24, 2.45) is 0 Å². The van der Waals surface area contributed by atoms with Crippen LogP contribution in [0.15, 0.2) is 51.2 Å². The molecule has 0 spiro atoms. The van der Waals surface area contributed by atoms with E-state index in [4.69, 9.17) is 0 Å². The van der Waals surface area contributed by atoms with Crippen molar-refractivity contribution < 1.29 is 44.8 Å². The van der Waals surface area contributed by atoms with Crippen molar-refractivity contribution in [2.75, 3.05) is 0 Å². The number of carboxylic acids is 1. The lowest BCUT2D eigenvalue weighted by molar-refractivity contribution is -0.298. The van der Waals surface area contributed by atoms with Crippen LogP contribution in [0.5, 0.6) is 0 Å². The Labute approximate surface area is 186 Å². The van der Waals surface area contributed by atoms with Crippen molar-refractivity contribution in [2.45, 2.75) is 34.2 Å². The van der Waals surface area contributed by atoms with Gasteiger partial charge in [-0.2, -0.15) is 31.7 Å². The van der Waals surface area contributed by atoms with Gasteiger partial charge in [0, 0.05) is 5.92 Å². The van der Waals surface area contributed by atoms with E-state index in [0.29, 0.717) is 16.9 Å². The van der Waals surface area contributed by atoms with Crippen LogP contribution < -0.4 is 4.72 Å². The fourth-order valence-electron chi connectivity index (χ4n) is 3.19. The maximum Gasteiger partial charge on any atom is 0.463 e. The average Bonchev–Trinajstić information content (AvgIpc) is 3.11. The molecule has 33 heavy (non-hydrogen) atoms. The van der Waals surface area contributed by atoms with Gasteiger partial charge >= 0.3 is 24.0 Å². The molecule has 176 valence electrons. The molecule has 1 aliphatic carbocycles. The molecular formula is C18H12F5N3O5S2. The van der Waals surface area contributed by atoms with Crippen LogP contribution in [0, 0.1) is 0 Å². The summed E-state index contributed by atoms with van der Waals surface area (Å²) >= 11 is 0.447. The molecule has 1 unspecified atom stereocenters. The van der Waals surface area contributed by atoms with E-state index in [1.54, 1.807) is 30.3 Å². The summed E-state index contributed by atoms with van der Waals surface area (Å²) in [5.41, 5.74) is -1.15. The summed E-state index contributed by atoms with van der Waals surface area (Å²) < 4.78 is 95.5. The number of carboxylic acid groups (broad SMARTS) is 1. The van der Waals surface area contributed by atoms with Crippen molar-refractivity contribution in [1.82, 2.24) is 14.9 Å². The first-order valence-electron chi connectivity index (χ1n) is 8.99. The van der Waals surface area contributed by atoms with Gasteiger partial charge in [0.15, 0.2) is 0 Å². The molecule has 1 aliphatic rings. The highest BCUT2D eigenvalue weighted by molar-refractivity contribution is 7.91. The Hall–Kier alpha value is -2.91. The number of carbonyl (C=O) groups is 1. The Morgan fingerprint density at radius 3 is 2.42 bits per heavy atom. The number of alkyl halides is 5. The first-order chi connectivity index (χ1) is 15.3. The number of halogens is 5. The molecule has 2 aromatic heterocycles. The van der Waals surface area contributed by atoms with Crippen molar-refractivity contribution >= 4 is 27.3 Å². The smallest absolute Gasteiger partial charge is 0.463 e. The summed E-state index contributed by atoms with van der Waals surface area (Å²) in [6.07, 6.45) is -5.96. The van der Waals surface area contributed by atoms with Gasteiger partial charge in [-0.25, -0.2) is 8.42 Å². The second-order valence-electron chi connectivity index (χ2n) is 7.16. The lowest BCUT2D eigenvalue weighted by Gasteiger charge is -2.14. The van der Waals surface area contributed by atoms with E-state index >= 15 is 0 Å². The fourth-order valence-corrected chi connectivity index (χ4v) is 5.83. The van der Waals surface area contributed by atoms with Gasteiger partial charge in [0.25, 0.3) is 10.0 Å². The van der Waals surface area contributed by atoms with Crippen molar-refractivity contribution in [3.63, 3.8) is 0 Å². The molecule has 0 aliphatic heterocycles. The van der Waals surface area contributed by atoms with Crippen LogP contribution in [0.4, 0.5) is 22.0 Å². The normalized spacial score (nSPS) is 21.2. The molecule has 8 nitrogen and oxygen atoms in total. The highest BCUT2D eigenvalue weighted by Crippen LogP contribution is 2.52. The first-order valence-corrected chi connectivity index (χ1v) is 11.3. The van der Waals surface area contributed by atoms with Crippen LogP contribution in [0.1, 0.15) is 23.8 Å². The van der Waals surface area contributed by atoms with E-state index in [1.807, 2.05) is 0 Å². The number of nitrogens with zero attached hydrogens (tertiary/aromatic N) is 2. The molecule has 4 rings (SSSR count). The number of thiophene rings is 1. The highest BCUT2D eigenvalue weighted by Gasteiger charge is 2.64. The number of aromatic nitrogens is 2. The van der Waals surface area contributed by atoms with Gasteiger partial charge < -0.3 is 9.63 Å². The monoisotopic (exact) mass is 509 g/mol. The van der Waals surface area contributed by atoms with Crippen molar-refractivity contribution in [3.8, 4) is 10.7 Å². The second kappa shape index (κ2) is 7.56. The summed E-state index contributed by atoms with van der Waals surface area (Å²) in [5.74, 6) is -10.1. The number of benzene rings is 1. The Morgan fingerprint density at radius 2 is 1.82 bits per heavy atom. The minimum atomic E-state index is -5.96. The predicted molar refractivity (Wildman–Crippen MR) is 102 cm³/mol. The number of rotatable bonds is 7. The second-order valence-corrected chi connectivity index (χ2v) is 10.2. The van der Waals surface area contributed by atoms with Crippen LogP contribution in [0.3, 0.4) is 0 Å². The Morgan fingerprint density at radius 1 is 1.15 bits per heavy atom. The topological polar surface area (TPSA) is 122 Å². The van der Waals surface area contributed by atoms with E-state index in [2.05, 4.69) is 19.4 Å². The first kappa shape index (κ1) is 23.3. The highest BCUT2D eigenvalue weighted by atomic mass is 32.2. The zero-order chi connectivity index (χ0) is 24.2. The van der Waals surface area contributed by atoms with Crippen LogP contribution in [-0.2, 0) is 20.7 Å². The van der Waals surface area contributed by atoms with Crippen LogP contribution in [0.2, 0.25) is 0 Å². The Balaban J connectivity index is 1.58. The molecule has 3 aromatic rings. The molecule has 0 bridgehead atoms. The Bertz CT molecular complexity index is 1310. The van der Waals surface area contributed by atoms with E-state index in [-0.39, 0.29) is 11.3 Å². The summed E-state index contributed by atoms with van der Waals surface area (Å²) in [5, 5.41) is 12.7. The number of hydrogen-bond donors (Lipinski definition) is 2. The summed E-state index contributed by atoms with van der Waals surface area (Å²) in [4.78, 5) is 14.7. The van der Waals surface area contributed by atoms with Gasteiger partial charge in [0.1, 0.15) is 9.75 Å². The molecule has 2 heterocycles. The van der Waals surface area contributed by atoms with Gasteiger partial charge in [0.05, 0.1) is 4.88 Å². The molecular weight excluding hydrogens is 497 g/mol. The SMILES string of the molecule is O=C(O)[C@]1(NS(=O)(=O)c2ccc(-c3noc(C(F)(F)C(F)(F)F)n3)s2)CC1c1ccccc1. The third-order valence-corrected chi connectivity index (χ3v) is 8.06. The molecule has 0 amide bonds. The van der Waals surface area contributed by atoms with Crippen LogP contribution in [0.25, 0.3) is 10.7 Å². The maximum absolute atomic E-state index is 13.4. The molecule has 1 aromatic carbocycles. The molecule has 0 radical (unpaired) electrons. The minimum Gasteiger partial charge on any atom is -0.480 e. The van der Waals surface area contributed by atoms with Gasteiger partial charge in [-0.05, 0) is 24.1 Å². The van der Waals surface area contributed by atoms with Crippen molar-refractivity contribution in [3.05, 3.63) is 53.9 Å². The largest absolute Gasteiger partial charge is 0.480 e. The zero-order valence-electron chi connectivity index (χ0n) is 16.0. The van der Waals surface area contributed by atoms with E-state index in [9.17, 15) is 40.3 Å². The van der Waals surface area contributed by atoms with E-state index in [1.165, 1.54) is 0 Å². The summed E-state index contributed by atoms with van der Waals surface area (Å²) in [6, 6.07) is 10.5. The fraction of sp³-hybridized carbons (Fsp3) is 0.278. The minimum absolute atomic E-state index is 0.00450. The maximum atomic E-state index is 13.4. The molecule has 2 N–H and O–H groups in total. The predicted octanol–water partition coefficient (Wildman–Crippen LogP) is 3.74. The third-order valence-electron chi connectivity index (χ3n) is 4.98. The van der Waals surface area contributed by atoms with E-state index in [0.717, 1.165) is 12.1 Å². The standard InChI is InChI=1S/C18H12F5N3O5S2/c19-17(20,18(21,22)23)14-24-13(25-31-14)11-6-7-12(32-11)33(29,30)26-16(15(27)28)8-10(16)9-4-2-1-3-5-9/h1-7,10,26H,8H2,(H,27,28)/t10?,16-/m0/s1. The zero-order valence-corrected chi connectivity index (χ0v) is 17.6. The molecule has 1 fully saturated rings. The van der Waals surface area contributed by atoms with Gasteiger partial charge in [-0.3, -0.25) is 4.79 Å². The number of aliphatic carboxylic acids is 1. The Kier molecular flexibility index (Phi) is 5.33. The average molecular weight is 509 g/mol. The van der Waals surface area contributed by atoms with Crippen molar-refractivity contribution in [1.29, 1.82) is 0 Å². The number of sulfonamides is 1. The molecule has 2 atom stereocenters. The van der Waals surface area contributed by atoms with E-state index < -0.39 is 55.5 Å². The summed E-state index contributed by atoms with van der Waals surface area (Å²) in [6.45, 7) is 0. The summed E-state index contributed by atoms with van der Waals surface area (Å²) in [7, 11) is -4.40. The van der Waals surface area contributed by atoms with Gasteiger partial charge in [0.2, 0.25) is 5.82 Å². The van der Waals surface area contributed by atoms with Gasteiger partial charge in [-0.1, -0.05) is 35.5 Å². The lowest BCUT2D eigenvalue weighted by Crippen LogP contribution is -2.44. The van der Waals surface area contributed by atoms with Crippen LogP contribution >= 0.6 is 11.3 Å². The number of hydrogen-bond acceptors (Lipinski definition) is 7. The third kappa shape index (κ3) is 4.00. The quantitative estimate of drug-likeness (QED) is 0.465. The molecule has 1 saturated carbocycles. The lowest BCUT2D eigenvalue weighted by atomic mass is 10.1. The van der Waals surface area contributed by atoms with Gasteiger partial charge in [-0.15, -0.1) is 11.3 Å². The van der Waals surface area contributed by atoms with Crippen LogP contribution in [-0.4, -0.2) is 41.3 Å². The molecule has 15 heteroatoms. The molecule has 0 saturated heterocycles.